The van der Waals surface area contributed by atoms with E-state index in [-0.39, 0.29) is 5.54 Å². The van der Waals surface area contributed by atoms with E-state index in [1.807, 2.05) is 0 Å². The van der Waals surface area contributed by atoms with Gasteiger partial charge in [0.2, 0.25) is 0 Å². The Kier molecular flexibility index (Phi) is 4.35. The van der Waals surface area contributed by atoms with Crippen LogP contribution in [0.15, 0.2) is 0 Å². The third kappa shape index (κ3) is 3.95. The molecule has 0 radical (unpaired) electrons. The lowest BCUT2D eigenvalue weighted by atomic mass is 10.0. The van der Waals surface area contributed by atoms with Crippen LogP contribution >= 0.6 is 0 Å². The fourth-order valence-corrected chi connectivity index (χ4v) is 2.02. The smallest absolute Gasteiger partial charge is 0.0724 e. The van der Waals surface area contributed by atoms with Crippen LogP contribution in [0.2, 0.25) is 0 Å². The van der Waals surface area contributed by atoms with Crippen LogP contribution in [0, 0.1) is 0 Å². The van der Waals surface area contributed by atoms with Crippen LogP contribution < -0.4 is 11.1 Å². The quantitative estimate of drug-likeness (QED) is 0.702. The Morgan fingerprint density at radius 1 is 1.43 bits per heavy atom. The van der Waals surface area contributed by atoms with Crippen LogP contribution in [0.5, 0.6) is 0 Å². The van der Waals surface area contributed by atoms with E-state index in [1.54, 1.807) is 7.11 Å². The van der Waals surface area contributed by atoms with Gasteiger partial charge >= 0.3 is 0 Å². The van der Waals surface area contributed by atoms with E-state index in [1.165, 1.54) is 19.3 Å². The summed E-state index contributed by atoms with van der Waals surface area (Å²) >= 11 is 0. The van der Waals surface area contributed by atoms with E-state index in [0.29, 0.717) is 12.1 Å². The maximum Gasteiger partial charge on any atom is 0.0724 e. The zero-order valence-electron chi connectivity index (χ0n) is 9.68. The molecule has 0 saturated heterocycles. The van der Waals surface area contributed by atoms with E-state index in [9.17, 15) is 0 Å². The predicted molar refractivity (Wildman–Crippen MR) is 59.3 cm³/mol. The average molecular weight is 200 g/mol. The zero-order chi connectivity index (χ0) is 10.6. The summed E-state index contributed by atoms with van der Waals surface area (Å²) in [4.78, 5) is 0. The lowest BCUT2D eigenvalue weighted by molar-refractivity contribution is 0.0847. The molecule has 1 rings (SSSR count). The van der Waals surface area contributed by atoms with Gasteiger partial charge in [-0.15, -0.1) is 0 Å². The topological polar surface area (TPSA) is 47.3 Å². The normalized spacial score (nSPS) is 28.3. The van der Waals surface area contributed by atoms with Crippen molar-refractivity contribution in [3.05, 3.63) is 0 Å². The van der Waals surface area contributed by atoms with Gasteiger partial charge in [-0.25, -0.2) is 0 Å². The number of methoxy groups -OCH3 is 1. The number of nitrogens with one attached hydrogen (secondary N) is 1. The van der Waals surface area contributed by atoms with Crippen molar-refractivity contribution in [1.29, 1.82) is 0 Å². The summed E-state index contributed by atoms with van der Waals surface area (Å²) in [5, 5.41) is 3.53. The first-order valence-corrected chi connectivity index (χ1v) is 5.58. The first-order valence-electron chi connectivity index (χ1n) is 5.58. The Hall–Kier alpha value is -0.120. The second-order valence-electron chi connectivity index (χ2n) is 5.00. The van der Waals surface area contributed by atoms with Crippen molar-refractivity contribution in [2.75, 3.05) is 13.7 Å². The molecule has 0 aromatic carbocycles. The van der Waals surface area contributed by atoms with Crippen LogP contribution in [0.25, 0.3) is 0 Å². The summed E-state index contributed by atoms with van der Waals surface area (Å²) in [6.07, 6.45) is 5.14. The third-order valence-electron chi connectivity index (χ3n) is 2.93. The first kappa shape index (κ1) is 12.0. The molecule has 1 aliphatic carbocycles. The lowest BCUT2D eigenvalue weighted by Gasteiger charge is -2.23. The Labute approximate surface area is 87.4 Å². The lowest BCUT2D eigenvalue weighted by Crippen LogP contribution is -2.41. The molecule has 2 unspecified atom stereocenters. The van der Waals surface area contributed by atoms with Crippen molar-refractivity contribution in [2.24, 2.45) is 5.73 Å². The van der Waals surface area contributed by atoms with E-state index in [2.05, 4.69) is 19.2 Å². The number of rotatable bonds is 5. The number of hydrogen-bond acceptors (Lipinski definition) is 3. The van der Waals surface area contributed by atoms with Crippen molar-refractivity contribution >= 4 is 0 Å². The maximum absolute atomic E-state index is 5.92. The summed E-state index contributed by atoms with van der Waals surface area (Å²) < 4.78 is 5.41. The van der Waals surface area contributed by atoms with Crippen LogP contribution in [0.3, 0.4) is 0 Å². The largest absolute Gasteiger partial charge is 0.380 e. The summed E-state index contributed by atoms with van der Waals surface area (Å²) in [5.41, 5.74) is 5.85. The molecule has 84 valence electrons. The minimum Gasteiger partial charge on any atom is -0.380 e. The SMILES string of the molecule is COC1CCCC1NCCC(C)(C)N. The van der Waals surface area contributed by atoms with Gasteiger partial charge in [0.1, 0.15) is 0 Å². The van der Waals surface area contributed by atoms with Crippen molar-refractivity contribution in [1.82, 2.24) is 5.32 Å². The first-order chi connectivity index (χ1) is 6.53. The highest BCUT2D eigenvalue weighted by Crippen LogP contribution is 2.21. The van der Waals surface area contributed by atoms with Crippen LogP contribution in [0.4, 0.5) is 0 Å². The molecule has 0 spiro atoms. The van der Waals surface area contributed by atoms with E-state index in [4.69, 9.17) is 10.5 Å². The van der Waals surface area contributed by atoms with Gasteiger partial charge < -0.3 is 15.8 Å². The molecular formula is C11H24N2O. The third-order valence-corrected chi connectivity index (χ3v) is 2.93. The van der Waals surface area contributed by atoms with E-state index < -0.39 is 0 Å². The number of ether oxygens (including phenoxy) is 1. The Bertz CT molecular complexity index is 165. The van der Waals surface area contributed by atoms with E-state index in [0.717, 1.165) is 13.0 Å². The minimum absolute atomic E-state index is 0.0613. The van der Waals surface area contributed by atoms with Crippen molar-refractivity contribution < 1.29 is 4.74 Å². The molecule has 0 aliphatic heterocycles. The molecule has 3 heteroatoms. The van der Waals surface area contributed by atoms with Gasteiger partial charge in [0.05, 0.1) is 6.10 Å². The van der Waals surface area contributed by atoms with Gasteiger partial charge in [0, 0.05) is 18.7 Å². The molecule has 0 heterocycles. The predicted octanol–water partition coefficient (Wildman–Crippen LogP) is 1.27. The molecule has 1 fully saturated rings. The van der Waals surface area contributed by atoms with Gasteiger partial charge in [-0.05, 0) is 46.1 Å². The summed E-state index contributed by atoms with van der Waals surface area (Å²) in [7, 11) is 1.80. The molecular weight excluding hydrogens is 176 g/mol. The molecule has 0 aromatic rings. The van der Waals surface area contributed by atoms with Gasteiger partial charge in [-0.1, -0.05) is 0 Å². The molecule has 1 saturated carbocycles. The molecule has 3 N–H and O–H groups in total. The molecule has 0 aromatic heterocycles. The number of hydrogen-bond donors (Lipinski definition) is 2. The monoisotopic (exact) mass is 200 g/mol. The van der Waals surface area contributed by atoms with Crippen LogP contribution in [-0.4, -0.2) is 31.3 Å². The molecule has 3 nitrogen and oxygen atoms in total. The summed E-state index contributed by atoms with van der Waals surface area (Å²) in [5.74, 6) is 0. The van der Waals surface area contributed by atoms with Gasteiger partial charge in [0.15, 0.2) is 0 Å². The fourth-order valence-electron chi connectivity index (χ4n) is 2.02. The highest BCUT2D eigenvalue weighted by Gasteiger charge is 2.26. The van der Waals surface area contributed by atoms with Gasteiger partial charge in [-0.2, -0.15) is 0 Å². The Balaban J connectivity index is 2.18. The fraction of sp³-hybridized carbons (Fsp3) is 1.00. The molecule has 0 bridgehead atoms. The molecule has 0 amide bonds. The van der Waals surface area contributed by atoms with E-state index >= 15 is 0 Å². The molecule has 2 atom stereocenters. The highest BCUT2D eigenvalue weighted by atomic mass is 16.5. The average Bonchev–Trinajstić information content (AvgIpc) is 2.49. The maximum atomic E-state index is 5.92. The molecule has 14 heavy (non-hydrogen) atoms. The van der Waals surface area contributed by atoms with Crippen LogP contribution in [0.1, 0.15) is 39.5 Å². The summed E-state index contributed by atoms with van der Waals surface area (Å²) in [6.45, 7) is 5.13. The van der Waals surface area contributed by atoms with Gasteiger partial charge in [-0.3, -0.25) is 0 Å². The highest BCUT2D eigenvalue weighted by molar-refractivity contribution is 4.84. The standard InChI is InChI=1S/C11H24N2O/c1-11(2,12)7-8-13-9-5-4-6-10(9)14-3/h9-10,13H,4-8,12H2,1-3H3. The Morgan fingerprint density at radius 2 is 2.14 bits per heavy atom. The van der Waals surface area contributed by atoms with Gasteiger partial charge in [0.25, 0.3) is 0 Å². The zero-order valence-corrected chi connectivity index (χ0v) is 9.68. The van der Waals surface area contributed by atoms with Crippen molar-refractivity contribution in [3.63, 3.8) is 0 Å². The van der Waals surface area contributed by atoms with Crippen LogP contribution in [-0.2, 0) is 4.74 Å². The minimum atomic E-state index is -0.0613. The summed E-state index contributed by atoms with van der Waals surface area (Å²) in [6, 6.07) is 0.544. The van der Waals surface area contributed by atoms with Crippen molar-refractivity contribution in [2.45, 2.75) is 57.2 Å². The van der Waals surface area contributed by atoms with Crippen molar-refractivity contribution in [3.8, 4) is 0 Å². The molecule has 1 aliphatic rings. The second-order valence-corrected chi connectivity index (χ2v) is 5.00. The Morgan fingerprint density at radius 3 is 2.71 bits per heavy atom. The number of nitrogens with two attached hydrogens (primary N) is 1. The second kappa shape index (κ2) is 5.10.